The minimum atomic E-state index is -0.625. The van der Waals surface area contributed by atoms with Crippen LogP contribution in [-0.4, -0.2) is 47.0 Å². The van der Waals surface area contributed by atoms with Crippen molar-refractivity contribution in [1.29, 1.82) is 5.26 Å². The van der Waals surface area contributed by atoms with Crippen molar-refractivity contribution in [3.63, 3.8) is 0 Å². The average molecular weight is 198 g/mol. The predicted octanol–water partition coefficient (Wildman–Crippen LogP) is -0.0363. The molecule has 4 nitrogen and oxygen atoms in total. The summed E-state index contributed by atoms with van der Waals surface area (Å²) in [5.74, 6) is 0. The first kappa shape index (κ1) is 11.4. The minimum absolute atomic E-state index is 0.321. The summed E-state index contributed by atoms with van der Waals surface area (Å²) < 4.78 is 0. The van der Waals surface area contributed by atoms with Crippen LogP contribution in [0.25, 0.3) is 0 Å². The Morgan fingerprint density at radius 1 is 1.36 bits per heavy atom. The molecule has 0 unspecified atom stereocenters. The van der Waals surface area contributed by atoms with Gasteiger partial charge in [0.25, 0.3) is 0 Å². The molecule has 0 aromatic carbocycles. The van der Waals surface area contributed by atoms with Gasteiger partial charge in [0.1, 0.15) is 0 Å². The molecule has 1 aliphatic rings. The number of nitriles is 1. The Morgan fingerprint density at radius 2 is 1.86 bits per heavy atom. The number of hydrogen-bond acceptors (Lipinski definition) is 4. The Bertz CT molecular complexity index is 225. The number of rotatable bonds is 3. The molecular weight excluding hydrogens is 180 g/mol. The first-order valence-corrected chi connectivity index (χ1v) is 4.94. The fourth-order valence-corrected chi connectivity index (χ4v) is 1.52. The largest absolute Gasteiger partial charge is 0.389 e. The SMILES string of the molecule is CC(C)(C#N)CCN1C[C@@H](O)[C@@H](O)C1. The number of aliphatic hydroxyl groups is 2. The molecule has 0 aliphatic carbocycles. The molecule has 2 N–H and O–H groups in total. The quantitative estimate of drug-likeness (QED) is 0.668. The maximum absolute atomic E-state index is 9.30. The van der Waals surface area contributed by atoms with Crippen LogP contribution in [-0.2, 0) is 0 Å². The molecule has 80 valence electrons. The highest BCUT2D eigenvalue weighted by Crippen LogP contribution is 2.20. The Labute approximate surface area is 84.8 Å². The van der Waals surface area contributed by atoms with Crippen LogP contribution in [0.15, 0.2) is 0 Å². The van der Waals surface area contributed by atoms with Crippen molar-refractivity contribution in [2.75, 3.05) is 19.6 Å². The van der Waals surface area contributed by atoms with Crippen LogP contribution >= 0.6 is 0 Å². The molecule has 0 saturated carbocycles. The maximum Gasteiger partial charge on any atom is 0.0938 e. The molecule has 1 aliphatic heterocycles. The highest BCUT2D eigenvalue weighted by Gasteiger charge is 2.30. The molecule has 0 bridgehead atoms. The molecule has 0 aromatic rings. The highest BCUT2D eigenvalue weighted by atomic mass is 16.3. The lowest BCUT2D eigenvalue weighted by Crippen LogP contribution is -2.26. The van der Waals surface area contributed by atoms with Gasteiger partial charge in [0.2, 0.25) is 0 Å². The predicted molar refractivity (Wildman–Crippen MR) is 52.5 cm³/mol. The Morgan fingerprint density at radius 3 is 2.29 bits per heavy atom. The van der Waals surface area contributed by atoms with Gasteiger partial charge in [-0.05, 0) is 26.8 Å². The van der Waals surface area contributed by atoms with Crippen molar-refractivity contribution in [3.05, 3.63) is 0 Å². The normalized spacial score (nSPS) is 29.1. The second-order valence-electron chi connectivity index (χ2n) is 4.64. The Hall–Kier alpha value is -0.630. The summed E-state index contributed by atoms with van der Waals surface area (Å²) in [5.41, 5.74) is -0.321. The molecule has 4 heteroatoms. The van der Waals surface area contributed by atoms with E-state index < -0.39 is 12.2 Å². The molecule has 1 rings (SSSR count). The van der Waals surface area contributed by atoms with Crippen LogP contribution in [0, 0.1) is 16.7 Å². The second-order valence-corrected chi connectivity index (χ2v) is 4.64. The lowest BCUT2D eigenvalue weighted by molar-refractivity contribution is 0.0572. The summed E-state index contributed by atoms with van der Waals surface area (Å²) in [5, 5.41) is 27.4. The number of nitrogens with zero attached hydrogens (tertiary/aromatic N) is 2. The van der Waals surface area contributed by atoms with E-state index in [2.05, 4.69) is 6.07 Å². The molecule has 1 heterocycles. The van der Waals surface area contributed by atoms with Crippen molar-refractivity contribution < 1.29 is 10.2 Å². The molecule has 0 aromatic heterocycles. The maximum atomic E-state index is 9.30. The Kier molecular flexibility index (Phi) is 3.48. The van der Waals surface area contributed by atoms with Crippen molar-refractivity contribution in [2.24, 2.45) is 5.41 Å². The lowest BCUT2D eigenvalue weighted by Gasteiger charge is -2.20. The smallest absolute Gasteiger partial charge is 0.0938 e. The summed E-state index contributed by atoms with van der Waals surface area (Å²) in [4.78, 5) is 1.99. The van der Waals surface area contributed by atoms with Crippen molar-refractivity contribution in [1.82, 2.24) is 4.90 Å². The average Bonchev–Trinajstić information content (AvgIpc) is 2.44. The summed E-state index contributed by atoms with van der Waals surface area (Å²) in [6, 6.07) is 2.24. The number of aliphatic hydroxyl groups excluding tert-OH is 2. The van der Waals surface area contributed by atoms with Gasteiger partial charge in [-0.25, -0.2) is 0 Å². The summed E-state index contributed by atoms with van der Waals surface area (Å²) >= 11 is 0. The van der Waals surface area contributed by atoms with E-state index >= 15 is 0 Å². The van der Waals surface area contributed by atoms with E-state index in [9.17, 15) is 10.2 Å². The van der Waals surface area contributed by atoms with Gasteiger partial charge in [0.05, 0.1) is 23.7 Å². The third-order valence-electron chi connectivity index (χ3n) is 2.69. The minimum Gasteiger partial charge on any atom is -0.389 e. The number of likely N-dealkylation sites (tertiary alicyclic amines) is 1. The molecule has 1 fully saturated rings. The van der Waals surface area contributed by atoms with E-state index in [0.717, 1.165) is 13.0 Å². The zero-order valence-corrected chi connectivity index (χ0v) is 8.77. The van der Waals surface area contributed by atoms with E-state index in [4.69, 9.17) is 5.26 Å². The molecule has 14 heavy (non-hydrogen) atoms. The fourth-order valence-electron chi connectivity index (χ4n) is 1.52. The van der Waals surface area contributed by atoms with Gasteiger partial charge in [-0.2, -0.15) is 5.26 Å². The summed E-state index contributed by atoms with van der Waals surface area (Å²) in [7, 11) is 0. The topological polar surface area (TPSA) is 67.5 Å². The van der Waals surface area contributed by atoms with Gasteiger partial charge >= 0.3 is 0 Å². The van der Waals surface area contributed by atoms with Crippen molar-refractivity contribution in [3.8, 4) is 6.07 Å². The van der Waals surface area contributed by atoms with Gasteiger partial charge in [-0.1, -0.05) is 0 Å². The number of hydrogen-bond donors (Lipinski definition) is 2. The van der Waals surface area contributed by atoms with Gasteiger partial charge in [-0.3, -0.25) is 4.90 Å². The van der Waals surface area contributed by atoms with Gasteiger partial charge in [0, 0.05) is 13.1 Å². The van der Waals surface area contributed by atoms with Crippen LogP contribution in [0.4, 0.5) is 0 Å². The van der Waals surface area contributed by atoms with Crippen LogP contribution in [0.2, 0.25) is 0 Å². The first-order valence-electron chi connectivity index (χ1n) is 4.94. The number of β-amino-alcohol motifs (C(OH)–C–C–N with tert-alkyl or cyclic N) is 2. The highest BCUT2D eigenvalue weighted by molar-refractivity contribution is 4.93. The van der Waals surface area contributed by atoms with Crippen molar-refractivity contribution in [2.45, 2.75) is 32.5 Å². The monoisotopic (exact) mass is 198 g/mol. The second kappa shape index (κ2) is 4.26. The fraction of sp³-hybridized carbons (Fsp3) is 0.900. The van der Waals surface area contributed by atoms with E-state index in [1.807, 2.05) is 18.7 Å². The third-order valence-corrected chi connectivity index (χ3v) is 2.69. The zero-order valence-electron chi connectivity index (χ0n) is 8.77. The Balaban J connectivity index is 2.31. The summed E-state index contributed by atoms with van der Waals surface area (Å²) in [6.07, 6.45) is -0.483. The standard InChI is InChI=1S/C10H18N2O2/c1-10(2,7-11)3-4-12-5-8(13)9(14)6-12/h8-9,13-14H,3-6H2,1-2H3/t8-,9+. The van der Waals surface area contributed by atoms with E-state index in [0.29, 0.717) is 13.1 Å². The van der Waals surface area contributed by atoms with E-state index in [-0.39, 0.29) is 5.41 Å². The van der Waals surface area contributed by atoms with Gasteiger partial charge < -0.3 is 10.2 Å². The van der Waals surface area contributed by atoms with Crippen LogP contribution in [0.1, 0.15) is 20.3 Å². The van der Waals surface area contributed by atoms with Gasteiger partial charge in [-0.15, -0.1) is 0 Å². The van der Waals surface area contributed by atoms with E-state index in [1.54, 1.807) is 0 Å². The first-order chi connectivity index (χ1) is 6.44. The van der Waals surface area contributed by atoms with Gasteiger partial charge in [0.15, 0.2) is 0 Å². The van der Waals surface area contributed by atoms with Crippen LogP contribution < -0.4 is 0 Å². The third kappa shape index (κ3) is 2.95. The molecule has 1 saturated heterocycles. The van der Waals surface area contributed by atoms with Crippen LogP contribution in [0.5, 0.6) is 0 Å². The molecule has 0 spiro atoms. The zero-order chi connectivity index (χ0) is 10.8. The summed E-state index contributed by atoms with van der Waals surface area (Å²) in [6.45, 7) is 5.59. The molecule has 2 atom stereocenters. The van der Waals surface area contributed by atoms with Crippen LogP contribution in [0.3, 0.4) is 0 Å². The van der Waals surface area contributed by atoms with E-state index in [1.165, 1.54) is 0 Å². The molecule has 0 radical (unpaired) electrons. The lowest BCUT2D eigenvalue weighted by atomic mass is 9.91. The molecular formula is C10H18N2O2. The van der Waals surface area contributed by atoms with Crippen molar-refractivity contribution >= 4 is 0 Å². The molecule has 0 amide bonds.